The number of hydrogen-bond acceptors (Lipinski definition) is 6. The first-order chi connectivity index (χ1) is 14.3. The van der Waals surface area contributed by atoms with Gasteiger partial charge in [0.25, 0.3) is 5.91 Å². The zero-order valence-electron chi connectivity index (χ0n) is 17.7. The molecule has 2 rings (SSSR count). The minimum Gasteiger partial charge on any atom is -0.490 e. The van der Waals surface area contributed by atoms with Crippen LogP contribution in [0.4, 0.5) is 5.69 Å². The van der Waals surface area contributed by atoms with Gasteiger partial charge in [-0.1, -0.05) is 13.8 Å². The van der Waals surface area contributed by atoms with Crippen LogP contribution in [0.15, 0.2) is 42.5 Å². The molecule has 0 bridgehead atoms. The van der Waals surface area contributed by atoms with Gasteiger partial charge < -0.3 is 19.5 Å². The number of ether oxygens (including phenoxy) is 3. The minimum atomic E-state index is -0.645. The first-order valence-corrected chi connectivity index (χ1v) is 9.77. The Balaban J connectivity index is 1.95. The SMILES string of the molecule is CCOc1cc(C(=O)OCC(=O)Nc2ccc(C(C)=O)cc2)ccc1OCC(C)C. The molecule has 0 unspecified atom stereocenters. The maximum absolute atomic E-state index is 12.3. The van der Waals surface area contributed by atoms with E-state index in [0.717, 1.165) is 0 Å². The average Bonchev–Trinajstić information content (AvgIpc) is 2.71. The highest BCUT2D eigenvalue weighted by Gasteiger charge is 2.15. The van der Waals surface area contributed by atoms with E-state index in [2.05, 4.69) is 5.32 Å². The van der Waals surface area contributed by atoms with Gasteiger partial charge in [-0.25, -0.2) is 4.79 Å². The summed E-state index contributed by atoms with van der Waals surface area (Å²) < 4.78 is 16.4. The van der Waals surface area contributed by atoms with Gasteiger partial charge in [-0.05, 0) is 62.2 Å². The molecule has 0 spiro atoms. The Morgan fingerprint density at radius 1 is 0.933 bits per heavy atom. The normalized spacial score (nSPS) is 10.4. The Morgan fingerprint density at radius 3 is 2.20 bits per heavy atom. The molecule has 0 aliphatic rings. The maximum atomic E-state index is 12.3. The summed E-state index contributed by atoms with van der Waals surface area (Å²) in [5, 5.41) is 2.61. The Labute approximate surface area is 176 Å². The third-order valence-corrected chi connectivity index (χ3v) is 3.96. The van der Waals surface area contributed by atoms with E-state index in [1.54, 1.807) is 42.5 Å². The quantitative estimate of drug-likeness (QED) is 0.465. The van der Waals surface area contributed by atoms with Crippen molar-refractivity contribution in [2.45, 2.75) is 27.7 Å². The number of anilines is 1. The third kappa shape index (κ3) is 6.92. The van der Waals surface area contributed by atoms with Crippen LogP contribution < -0.4 is 14.8 Å². The van der Waals surface area contributed by atoms with E-state index in [9.17, 15) is 14.4 Å². The number of ketones is 1. The van der Waals surface area contributed by atoms with E-state index in [1.165, 1.54) is 6.92 Å². The van der Waals surface area contributed by atoms with Crippen LogP contribution in [0, 0.1) is 5.92 Å². The minimum absolute atomic E-state index is 0.0612. The topological polar surface area (TPSA) is 90.9 Å². The van der Waals surface area contributed by atoms with E-state index in [4.69, 9.17) is 14.2 Å². The number of rotatable bonds is 10. The molecule has 1 amide bonds. The molecule has 7 nitrogen and oxygen atoms in total. The lowest BCUT2D eigenvalue weighted by Crippen LogP contribution is -2.21. The summed E-state index contributed by atoms with van der Waals surface area (Å²) in [5.74, 6) is 0.154. The summed E-state index contributed by atoms with van der Waals surface area (Å²) in [7, 11) is 0. The van der Waals surface area contributed by atoms with Crippen LogP contribution in [0.25, 0.3) is 0 Å². The van der Waals surface area contributed by atoms with E-state index in [-0.39, 0.29) is 11.3 Å². The number of esters is 1. The summed E-state index contributed by atoms with van der Waals surface area (Å²) in [4.78, 5) is 35.6. The molecule has 0 fully saturated rings. The molecule has 0 aromatic heterocycles. The molecule has 0 saturated carbocycles. The lowest BCUT2D eigenvalue weighted by molar-refractivity contribution is -0.119. The Bertz CT molecular complexity index is 889. The van der Waals surface area contributed by atoms with Crippen molar-refractivity contribution >= 4 is 23.3 Å². The summed E-state index contributed by atoms with van der Waals surface area (Å²) in [6.07, 6.45) is 0. The third-order valence-electron chi connectivity index (χ3n) is 3.96. The predicted molar refractivity (Wildman–Crippen MR) is 113 cm³/mol. The van der Waals surface area contributed by atoms with Crippen LogP contribution in [0.2, 0.25) is 0 Å². The Hall–Kier alpha value is -3.35. The van der Waals surface area contributed by atoms with Crippen LogP contribution in [0.5, 0.6) is 11.5 Å². The number of nitrogens with one attached hydrogen (secondary N) is 1. The molecule has 160 valence electrons. The second-order valence-electron chi connectivity index (χ2n) is 7.06. The van der Waals surface area contributed by atoms with E-state index < -0.39 is 18.5 Å². The Kier molecular flexibility index (Phi) is 8.41. The summed E-state index contributed by atoms with van der Waals surface area (Å²) in [6.45, 7) is 7.88. The summed E-state index contributed by atoms with van der Waals surface area (Å²) >= 11 is 0. The van der Waals surface area contributed by atoms with Crippen LogP contribution in [0.3, 0.4) is 0 Å². The van der Waals surface area contributed by atoms with Gasteiger partial charge in [0.2, 0.25) is 0 Å². The van der Waals surface area contributed by atoms with Crippen molar-refractivity contribution < 1.29 is 28.6 Å². The van der Waals surface area contributed by atoms with Gasteiger partial charge in [-0.2, -0.15) is 0 Å². The fourth-order valence-electron chi connectivity index (χ4n) is 2.48. The van der Waals surface area contributed by atoms with Gasteiger partial charge >= 0.3 is 5.97 Å². The molecule has 30 heavy (non-hydrogen) atoms. The van der Waals surface area contributed by atoms with Crippen molar-refractivity contribution in [1.29, 1.82) is 0 Å². The van der Waals surface area contributed by atoms with Crippen LogP contribution in [-0.2, 0) is 9.53 Å². The maximum Gasteiger partial charge on any atom is 0.338 e. The highest BCUT2D eigenvalue weighted by atomic mass is 16.5. The smallest absolute Gasteiger partial charge is 0.338 e. The van der Waals surface area contributed by atoms with Gasteiger partial charge in [0, 0.05) is 11.3 Å². The molecule has 1 N–H and O–H groups in total. The average molecular weight is 413 g/mol. The summed E-state index contributed by atoms with van der Waals surface area (Å²) in [5.41, 5.74) is 1.31. The van der Waals surface area contributed by atoms with Gasteiger partial charge in [-0.15, -0.1) is 0 Å². The molecule has 0 radical (unpaired) electrons. The number of Topliss-reactive ketones (excluding diaryl/α,β-unsaturated/α-hetero) is 1. The van der Waals surface area contributed by atoms with E-state index in [0.29, 0.717) is 41.9 Å². The highest BCUT2D eigenvalue weighted by molar-refractivity contribution is 5.97. The molecule has 2 aromatic rings. The first-order valence-electron chi connectivity index (χ1n) is 9.77. The number of carbonyl (C=O) groups is 3. The fraction of sp³-hybridized carbons (Fsp3) is 0.348. The molecular formula is C23H27NO6. The number of carbonyl (C=O) groups excluding carboxylic acids is 3. The van der Waals surface area contributed by atoms with Crippen molar-refractivity contribution in [1.82, 2.24) is 0 Å². The number of hydrogen-bond donors (Lipinski definition) is 1. The standard InChI is InChI=1S/C23H27NO6/c1-5-28-21-12-18(8-11-20(21)29-13-15(2)3)23(27)30-14-22(26)24-19-9-6-17(7-10-19)16(4)25/h6-12,15H,5,13-14H2,1-4H3,(H,24,26). The van der Waals surface area contributed by atoms with Crippen LogP contribution in [-0.4, -0.2) is 37.5 Å². The highest BCUT2D eigenvalue weighted by Crippen LogP contribution is 2.29. The molecule has 0 aliphatic heterocycles. The van der Waals surface area contributed by atoms with Crippen molar-refractivity contribution in [2.24, 2.45) is 5.92 Å². The van der Waals surface area contributed by atoms with Crippen molar-refractivity contribution in [3.8, 4) is 11.5 Å². The van der Waals surface area contributed by atoms with Crippen LogP contribution >= 0.6 is 0 Å². The molecule has 7 heteroatoms. The summed E-state index contributed by atoms with van der Waals surface area (Å²) in [6, 6.07) is 11.2. The van der Waals surface area contributed by atoms with Crippen molar-refractivity contribution in [2.75, 3.05) is 25.1 Å². The van der Waals surface area contributed by atoms with Gasteiger partial charge in [0.1, 0.15) is 0 Å². The Morgan fingerprint density at radius 2 is 1.60 bits per heavy atom. The lowest BCUT2D eigenvalue weighted by Gasteiger charge is -2.14. The number of benzene rings is 2. The van der Waals surface area contributed by atoms with Crippen LogP contribution in [0.1, 0.15) is 48.4 Å². The largest absolute Gasteiger partial charge is 0.490 e. The van der Waals surface area contributed by atoms with Gasteiger partial charge in [-0.3, -0.25) is 9.59 Å². The van der Waals surface area contributed by atoms with Crippen molar-refractivity contribution in [3.63, 3.8) is 0 Å². The first kappa shape index (κ1) is 22.9. The zero-order valence-corrected chi connectivity index (χ0v) is 17.7. The second kappa shape index (κ2) is 11.0. The van der Waals surface area contributed by atoms with Gasteiger partial charge in [0.05, 0.1) is 18.8 Å². The lowest BCUT2D eigenvalue weighted by atomic mass is 10.1. The zero-order chi connectivity index (χ0) is 22.1. The van der Waals surface area contributed by atoms with Crippen molar-refractivity contribution in [3.05, 3.63) is 53.6 Å². The molecule has 0 heterocycles. The van der Waals surface area contributed by atoms with E-state index >= 15 is 0 Å². The monoisotopic (exact) mass is 413 g/mol. The molecule has 2 aromatic carbocycles. The molecule has 0 saturated heterocycles. The second-order valence-corrected chi connectivity index (χ2v) is 7.06. The van der Waals surface area contributed by atoms with E-state index in [1.807, 2.05) is 20.8 Å². The predicted octanol–water partition coefficient (Wildman–Crippen LogP) is 4.12. The molecule has 0 atom stereocenters. The molecule has 0 aliphatic carbocycles. The van der Waals surface area contributed by atoms with Gasteiger partial charge in [0.15, 0.2) is 23.9 Å². The number of amides is 1. The molecular weight excluding hydrogens is 386 g/mol. The fourth-order valence-corrected chi connectivity index (χ4v) is 2.48.